The second-order valence-electron chi connectivity index (χ2n) is 7.67. The number of benzene rings is 2. The summed E-state index contributed by atoms with van der Waals surface area (Å²) in [5.74, 6) is -1.50. The Balaban J connectivity index is 1.98. The van der Waals surface area contributed by atoms with E-state index in [1.54, 1.807) is 36.4 Å². The summed E-state index contributed by atoms with van der Waals surface area (Å²) in [6, 6.07) is 10.5. The molecule has 2 heterocycles. The molecule has 8 nitrogen and oxygen atoms in total. The van der Waals surface area contributed by atoms with Crippen molar-refractivity contribution >= 4 is 46.3 Å². The zero-order valence-corrected chi connectivity index (χ0v) is 21.1. The lowest BCUT2D eigenvalue weighted by Crippen LogP contribution is -2.29. The zero-order valence-electron chi connectivity index (χ0n) is 19.6. The first-order chi connectivity index (χ1) is 17.3. The summed E-state index contributed by atoms with van der Waals surface area (Å²) in [6.45, 7) is 2.27. The zero-order chi connectivity index (χ0) is 26.0. The standard InChI is InChI=1S/C26H22Cl2N2O6/c1-4-36-16-7-5-6-15(12-16)30-21(14-8-10-29-11-9-14)19(23(32)26(30)33)22(31)17-13-18(27)25(35-3)20(28)24(17)34-2/h5-13,21,31H,4H2,1-3H3/b22-19+. The van der Waals surface area contributed by atoms with Crippen molar-refractivity contribution in [3.05, 3.63) is 81.6 Å². The number of anilines is 1. The van der Waals surface area contributed by atoms with E-state index < -0.39 is 23.5 Å². The third-order valence-corrected chi connectivity index (χ3v) is 6.29. The number of aliphatic hydroxyl groups excluding tert-OH is 1. The predicted molar refractivity (Wildman–Crippen MR) is 136 cm³/mol. The number of halogens is 2. The molecule has 0 aliphatic carbocycles. The summed E-state index contributed by atoms with van der Waals surface area (Å²) in [7, 11) is 2.74. The highest BCUT2D eigenvalue weighted by Crippen LogP contribution is 2.48. The maximum Gasteiger partial charge on any atom is 0.300 e. The molecule has 1 aromatic heterocycles. The number of rotatable bonds is 7. The lowest BCUT2D eigenvalue weighted by atomic mass is 9.95. The van der Waals surface area contributed by atoms with E-state index in [2.05, 4.69) is 4.98 Å². The maximum absolute atomic E-state index is 13.4. The SMILES string of the molecule is CCOc1cccc(N2C(=O)C(=O)/C(=C(/O)c3cc(Cl)c(OC)c(Cl)c3OC)C2c2ccncc2)c1. The van der Waals surface area contributed by atoms with Gasteiger partial charge in [-0.25, -0.2) is 0 Å². The Morgan fingerprint density at radius 2 is 1.75 bits per heavy atom. The molecule has 0 bridgehead atoms. The summed E-state index contributed by atoms with van der Waals surface area (Å²) < 4.78 is 16.2. The summed E-state index contributed by atoms with van der Waals surface area (Å²) in [5, 5.41) is 11.6. The largest absolute Gasteiger partial charge is 0.507 e. The van der Waals surface area contributed by atoms with Gasteiger partial charge in [0.25, 0.3) is 11.7 Å². The van der Waals surface area contributed by atoms with Crippen LogP contribution < -0.4 is 19.1 Å². The van der Waals surface area contributed by atoms with Gasteiger partial charge in [-0.05, 0) is 42.8 Å². The monoisotopic (exact) mass is 528 g/mol. The second kappa shape index (κ2) is 10.5. The van der Waals surface area contributed by atoms with Crippen LogP contribution in [0.4, 0.5) is 5.69 Å². The number of amides is 1. The average Bonchev–Trinajstić information content (AvgIpc) is 3.14. The van der Waals surface area contributed by atoms with Gasteiger partial charge in [-0.2, -0.15) is 0 Å². The number of pyridine rings is 1. The van der Waals surface area contributed by atoms with Gasteiger partial charge in [0.15, 0.2) is 11.5 Å². The van der Waals surface area contributed by atoms with Crippen LogP contribution in [0.1, 0.15) is 24.1 Å². The van der Waals surface area contributed by atoms with E-state index >= 15 is 0 Å². The summed E-state index contributed by atoms with van der Waals surface area (Å²) >= 11 is 12.7. The van der Waals surface area contributed by atoms with Gasteiger partial charge in [-0.3, -0.25) is 19.5 Å². The van der Waals surface area contributed by atoms with Crippen LogP contribution in [0.15, 0.2) is 60.4 Å². The molecule has 1 saturated heterocycles. The number of carbonyl (C=O) groups excluding carboxylic acids is 2. The topological polar surface area (TPSA) is 98.2 Å². The fraction of sp³-hybridized carbons (Fsp3) is 0.192. The van der Waals surface area contributed by atoms with Crippen LogP contribution in [0.3, 0.4) is 0 Å². The Morgan fingerprint density at radius 1 is 1.06 bits per heavy atom. The number of aliphatic hydroxyl groups is 1. The smallest absolute Gasteiger partial charge is 0.300 e. The van der Waals surface area contributed by atoms with Crippen LogP contribution in [-0.4, -0.2) is 42.6 Å². The minimum atomic E-state index is -0.978. The van der Waals surface area contributed by atoms with Gasteiger partial charge < -0.3 is 19.3 Å². The molecule has 2 aromatic carbocycles. The highest BCUT2D eigenvalue weighted by atomic mass is 35.5. The lowest BCUT2D eigenvalue weighted by molar-refractivity contribution is -0.132. The number of ketones is 1. The third-order valence-electron chi connectivity index (χ3n) is 5.67. The number of hydrogen-bond donors (Lipinski definition) is 1. The minimum Gasteiger partial charge on any atom is -0.507 e. The van der Waals surface area contributed by atoms with Crippen molar-refractivity contribution in [3.8, 4) is 17.2 Å². The molecule has 1 atom stereocenters. The van der Waals surface area contributed by atoms with Crippen LogP contribution in [0, 0.1) is 0 Å². The van der Waals surface area contributed by atoms with Crippen molar-refractivity contribution in [2.24, 2.45) is 0 Å². The van der Waals surface area contributed by atoms with E-state index in [4.69, 9.17) is 37.4 Å². The van der Waals surface area contributed by atoms with Crippen LogP contribution in [0.2, 0.25) is 10.0 Å². The molecule has 0 radical (unpaired) electrons. The van der Waals surface area contributed by atoms with E-state index in [0.29, 0.717) is 23.6 Å². The van der Waals surface area contributed by atoms with Gasteiger partial charge in [0.05, 0.1) is 43.0 Å². The van der Waals surface area contributed by atoms with Crippen molar-refractivity contribution in [1.29, 1.82) is 0 Å². The second-order valence-corrected chi connectivity index (χ2v) is 8.45. The van der Waals surface area contributed by atoms with Crippen LogP contribution in [0.5, 0.6) is 17.2 Å². The molecule has 36 heavy (non-hydrogen) atoms. The van der Waals surface area contributed by atoms with Crippen molar-refractivity contribution in [2.75, 3.05) is 25.7 Å². The van der Waals surface area contributed by atoms with Crippen molar-refractivity contribution < 1.29 is 28.9 Å². The third kappa shape index (κ3) is 4.34. The summed E-state index contributed by atoms with van der Waals surface area (Å²) in [5.41, 5.74) is 0.843. The first-order valence-corrected chi connectivity index (χ1v) is 11.6. The molecular weight excluding hydrogens is 507 g/mol. The van der Waals surface area contributed by atoms with Crippen molar-refractivity contribution in [3.63, 3.8) is 0 Å². The van der Waals surface area contributed by atoms with Gasteiger partial charge in [0.2, 0.25) is 0 Å². The quantitative estimate of drug-likeness (QED) is 0.248. The molecule has 0 saturated carbocycles. The normalized spacial score (nSPS) is 16.8. The Bertz CT molecular complexity index is 1360. The van der Waals surface area contributed by atoms with Crippen LogP contribution >= 0.6 is 23.2 Å². The molecule has 3 aromatic rings. The molecule has 1 N–H and O–H groups in total. The Morgan fingerprint density at radius 3 is 2.39 bits per heavy atom. The molecule has 10 heteroatoms. The van der Waals surface area contributed by atoms with E-state index in [1.807, 2.05) is 6.92 Å². The molecule has 1 unspecified atom stereocenters. The molecule has 0 spiro atoms. The van der Waals surface area contributed by atoms with Gasteiger partial charge in [-0.15, -0.1) is 0 Å². The Hall–Kier alpha value is -3.75. The fourth-order valence-electron chi connectivity index (χ4n) is 4.14. The fourth-order valence-corrected chi connectivity index (χ4v) is 4.83. The van der Waals surface area contributed by atoms with Crippen LogP contribution in [0.25, 0.3) is 5.76 Å². The van der Waals surface area contributed by atoms with E-state index in [0.717, 1.165) is 0 Å². The summed E-state index contributed by atoms with van der Waals surface area (Å²) in [4.78, 5) is 32.1. The minimum absolute atomic E-state index is 0.00755. The molecular formula is C26H22Cl2N2O6. The van der Waals surface area contributed by atoms with E-state index in [-0.39, 0.29) is 32.7 Å². The molecule has 186 valence electrons. The molecule has 1 amide bonds. The molecule has 1 aliphatic rings. The lowest BCUT2D eigenvalue weighted by Gasteiger charge is -2.26. The Labute approximate surface area is 217 Å². The number of methoxy groups -OCH3 is 2. The average molecular weight is 529 g/mol. The van der Waals surface area contributed by atoms with Gasteiger partial charge in [0, 0.05) is 24.1 Å². The maximum atomic E-state index is 13.4. The highest BCUT2D eigenvalue weighted by molar-refractivity contribution is 6.52. The van der Waals surface area contributed by atoms with Crippen LogP contribution in [-0.2, 0) is 9.59 Å². The number of Topliss-reactive ketones (excluding diaryl/α,β-unsaturated/α-hetero) is 1. The number of ether oxygens (including phenoxy) is 3. The number of carbonyl (C=O) groups is 2. The van der Waals surface area contributed by atoms with Gasteiger partial charge in [0.1, 0.15) is 16.5 Å². The highest BCUT2D eigenvalue weighted by Gasteiger charge is 2.47. The van der Waals surface area contributed by atoms with E-state index in [9.17, 15) is 14.7 Å². The number of hydrogen-bond acceptors (Lipinski definition) is 7. The van der Waals surface area contributed by atoms with Gasteiger partial charge >= 0.3 is 0 Å². The molecule has 1 fully saturated rings. The van der Waals surface area contributed by atoms with Crippen molar-refractivity contribution in [2.45, 2.75) is 13.0 Å². The molecule has 1 aliphatic heterocycles. The number of nitrogens with zero attached hydrogens (tertiary/aromatic N) is 2. The first-order valence-electron chi connectivity index (χ1n) is 10.9. The van der Waals surface area contributed by atoms with Gasteiger partial charge in [-0.1, -0.05) is 29.3 Å². The van der Waals surface area contributed by atoms with E-state index in [1.165, 1.54) is 37.6 Å². The Kier molecular flexibility index (Phi) is 7.37. The first kappa shape index (κ1) is 25.3. The summed E-state index contributed by atoms with van der Waals surface area (Å²) in [6.07, 6.45) is 3.07. The predicted octanol–water partition coefficient (Wildman–Crippen LogP) is 5.43. The molecule has 4 rings (SSSR count). The van der Waals surface area contributed by atoms with Crippen molar-refractivity contribution in [1.82, 2.24) is 4.98 Å². The number of aromatic nitrogens is 1.